The molecule has 0 bridgehead atoms. The van der Waals surface area contributed by atoms with Gasteiger partial charge in [0, 0.05) is 24.6 Å². The Labute approximate surface area is 151 Å². The van der Waals surface area contributed by atoms with Gasteiger partial charge < -0.3 is 20.1 Å². The monoisotopic (exact) mass is 469 g/mol. The van der Waals surface area contributed by atoms with Crippen molar-refractivity contribution < 1.29 is 9.47 Å². The van der Waals surface area contributed by atoms with Crippen molar-refractivity contribution in [3.8, 4) is 11.5 Å². The Morgan fingerprint density at radius 1 is 1.29 bits per heavy atom. The van der Waals surface area contributed by atoms with Gasteiger partial charge in [-0.15, -0.1) is 30.6 Å². The maximum atomic E-state index is 5.30. The Hall–Kier alpha value is -0.960. The molecule has 0 atom stereocenters. The zero-order valence-corrected chi connectivity index (χ0v) is 16.3. The van der Waals surface area contributed by atoms with Crippen molar-refractivity contribution in [3.63, 3.8) is 0 Å². The summed E-state index contributed by atoms with van der Waals surface area (Å²) in [5, 5.41) is 6.32. The van der Waals surface area contributed by atoms with Crippen molar-refractivity contribution in [3.05, 3.63) is 34.8 Å². The lowest BCUT2D eigenvalue weighted by Crippen LogP contribution is -2.36. The number of benzene rings is 1. The number of ether oxygens (including phenoxy) is 2. The summed E-state index contributed by atoms with van der Waals surface area (Å²) in [7, 11) is 4.96. The molecule has 5 nitrogen and oxygen atoms in total. The van der Waals surface area contributed by atoms with Gasteiger partial charge in [0.1, 0.15) is 0 Å². The molecule has 0 saturated carbocycles. The predicted octanol–water partition coefficient (Wildman–Crippen LogP) is 2.94. The van der Waals surface area contributed by atoms with Crippen LogP contribution >= 0.6 is 39.9 Å². The third-order valence-corrected chi connectivity index (χ3v) is 3.37. The van der Waals surface area contributed by atoms with Crippen LogP contribution in [0.5, 0.6) is 11.5 Å². The minimum absolute atomic E-state index is 0. The number of nitrogens with one attached hydrogen (secondary N) is 2. The van der Waals surface area contributed by atoms with Crippen LogP contribution < -0.4 is 20.1 Å². The zero-order chi connectivity index (χ0) is 15.0. The lowest BCUT2D eigenvalue weighted by molar-refractivity contribution is 0.354. The molecule has 0 aliphatic heterocycles. The highest BCUT2D eigenvalue weighted by atomic mass is 127. The fourth-order valence-electron chi connectivity index (χ4n) is 1.60. The van der Waals surface area contributed by atoms with Crippen LogP contribution in [0.3, 0.4) is 0 Å². The van der Waals surface area contributed by atoms with Crippen molar-refractivity contribution in [1.29, 1.82) is 0 Å². The average Bonchev–Trinajstić information content (AvgIpc) is 2.48. The Morgan fingerprint density at radius 2 is 1.90 bits per heavy atom. The molecule has 0 heterocycles. The number of rotatable bonds is 6. The lowest BCUT2D eigenvalue weighted by Gasteiger charge is -2.14. The molecule has 1 rings (SSSR count). The SMILES string of the molecule is C=CCNC(=NC)NCc1cc(OC)c(OC)cc1Br.I. The second-order valence-corrected chi connectivity index (χ2v) is 4.75. The highest BCUT2D eigenvalue weighted by Crippen LogP contribution is 2.33. The van der Waals surface area contributed by atoms with Crippen LogP contribution in [0.1, 0.15) is 5.56 Å². The molecule has 0 aromatic heterocycles. The molecular weight excluding hydrogens is 449 g/mol. The number of hydrogen-bond acceptors (Lipinski definition) is 3. The average molecular weight is 470 g/mol. The van der Waals surface area contributed by atoms with E-state index in [2.05, 4.69) is 38.1 Å². The largest absolute Gasteiger partial charge is 0.493 e. The number of guanidine groups is 1. The highest BCUT2D eigenvalue weighted by Gasteiger charge is 2.09. The molecule has 0 spiro atoms. The van der Waals surface area contributed by atoms with E-state index in [4.69, 9.17) is 9.47 Å². The third-order valence-electron chi connectivity index (χ3n) is 2.64. The molecular formula is C14H21BrIN3O2. The number of halogens is 2. The second kappa shape index (κ2) is 10.7. The summed E-state index contributed by atoms with van der Waals surface area (Å²) in [5.74, 6) is 2.10. The molecule has 21 heavy (non-hydrogen) atoms. The van der Waals surface area contributed by atoms with E-state index in [-0.39, 0.29) is 24.0 Å². The number of nitrogens with zero attached hydrogens (tertiary/aromatic N) is 1. The first kappa shape index (κ1) is 20.0. The van der Waals surface area contributed by atoms with Crippen LogP contribution in [0.2, 0.25) is 0 Å². The summed E-state index contributed by atoms with van der Waals surface area (Å²) >= 11 is 3.52. The van der Waals surface area contributed by atoms with Gasteiger partial charge in [-0.25, -0.2) is 0 Å². The van der Waals surface area contributed by atoms with Gasteiger partial charge in [0.25, 0.3) is 0 Å². The minimum atomic E-state index is 0. The molecule has 2 N–H and O–H groups in total. The standard InChI is InChI=1S/C14H20BrN3O2.HI/c1-5-6-17-14(16-2)18-9-10-7-12(19-3)13(20-4)8-11(10)15;/h5,7-8H,1,6,9H2,2-4H3,(H2,16,17,18);1H. The van der Waals surface area contributed by atoms with E-state index in [0.29, 0.717) is 30.5 Å². The van der Waals surface area contributed by atoms with Gasteiger partial charge in [0.05, 0.1) is 14.2 Å². The quantitative estimate of drug-likeness (QED) is 0.291. The third kappa shape index (κ3) is 6.13. The summed E-state index contributed by atoms with van der Waals surface area (Å²) in [6, 6.07) is 3.81. The number of aliphatic imine (C=N–C) groups is 1. The first-order valence-electron chi connectivity index (χ1n) is 6.12. The number of hydrogen-bond donors (Lipinski definition) is 2. The Morgan fingerprint density at radius 3 is 2.43 bits per heavy atom. The summed E-state index contributed by atoms with van der Waals surface area (Å²) < 4.78 is 11.5. The fraction of sp³-hybridized carbons (Fsp3) is 0.357. The highest BCUT2D eigenvalue weighted by molar-refractivity contribution is 14.0. The van der Waals surface area contributed by atoms with Crippen molar-refractivity contribution in [1.82, 2.24) is 10.6 Å². The van der Waals surface area contributed by atoms with Crippen LogP contribution in [0.25, 0.3) is 0 Å². The van der Waals surface area contributed by atoms with Crippen molar-refractivity contribution in [2.24, 2.45) is 4.99 Å². The van der Waals surface area contributed by atoms with Crippen LogP contribution in [0, 0.1) is 0 Å². The Kier molecular flexibility index (Phi) is 10.2. The molecule has 0 unspecified atom stereocenters. The molecule has 1 aromatic carbocycles. The Balaban J connectivity index is 0.00000400. The molecule has 0 saturated heterocycles. The fourth-order valence-corrected chi connectivity index (χ4v) is 2.06. The number of methoxy groups -OCH3 is 2. The molecule has 118 valence electrons. The van der Waals surface area contributed by atoms with E-state index < -0.39 is 0 Å². The summed E-state index contributed by atoms with van der Waals surface area (Å²) in [6.45, 7) is 4.93. The zero-order valence-electron chi connectivity index (χ0n) is 12.4. The molecule has 0 fully saturated rings. The van der Waals surface area contributed by atoms with Crippen LogP contribution in [-0.4, -0.2) is 33.8 Å². The maximum absolute atomic E-state index is 5.30. The van der Waals surface area contributed by atoms with Crippen molar-refractivity contribution in [2.45, 2.75) is 6.54 Å². The smallest absolute Gasteiger partial charge is 0.191 e. The van der Waals surface area contributed by atoms with Gasteiger partial charge in [0.2, 0.25) is 0 Å². The molecule has 0 amide bonds. The second-order valence-electron chi connectivity index (χ2n) is 3.89. The van der Waals surface area contributed by atoms with Crippen molar-refractivity contribution in [2.75, 3.05) is 27.8 Å². The summed E-state index contributed by atoms with van der Waals surface area (Å²) in [5.41, 5.74) is 1.05. The van der Waals surface area contributed by atoms with E-state index >= 15 is 0 Å². The summed E-state index contributed by atoms with van der Waals surface area (Å²) in [6.07, 6.45) is 1.78. The summed E-state index contributed by atoms with van der Waals surface area (Å²) in [4.78, 5) is 4.12. The minimum Gasteiger partial charge on any atom is -0.493 e. The Bertz CT molecular complexity index is 495. The topological polar surface area (TPSA) is 54.9 Å². The molecule has 1 aromatic rings. The molecule has 0 aliphatic carbocycles. The molecule has 0 radical (unpaired) electrons. The van der Waals surface area contributed by atoms with Crippen LogP contribution in [0.4, 0.5) is 0 Å². The van der Waals surface area contributed by atoms with E-state index in [1.807, 2.05) is 12.1 Å². The van der Waals surface area contributed by atoms with E-state index in [9.17, 15) is 0 Å². The van der Waals surface area contributed by atoms with Gasteiger partial charge in [-0.1, -0.05) is 22.0 Å². The van der Waals surface area contributed by atoms with Gasteiger partial charge >= 0.3 is 0 Å². The van der Waals surface area contributed by atoms with Crippen LogP contribution in [0.15, 0.2) is 34.3 Å². The van der Waals surface area contributed by atoms with Gasteiger partial charge in [0.15, 0.2) is 17.5 Å². The lowest BCUT2D eigenvalue weighted by atomic mass is 10.2. The van der Waals surface area contributed by atoms with Gasteiger partial charge in [-0.2, -0.15) is 0 Å². The van der Waals surface area contributed by atoms with E-state index in [1.54, 1.807) is 27.3 Å². The van der Waals surface area contributed by atoms with E-state index in [1.165, 1.54) is 0 Å². The maximum Gasteiger partial charge on any atom is 0.191 e. The van der Waals surface area contributed by atoms with Crippen molar-refractivity contribution >= 4 is 45.9 Å². The molecule has 0 aliphatic rings. The molecule has 7 heteroatoms. The van der Waals surface area contributed by atoms with Gasteiger partial charge in [-0.3, -0.25) is 4.99 Å². The predicted molar refractivity (Wildman–Crippen MR) is 101 cm³/mol. The van der Waals surface area contributed by atoms with E-state index in [0.717, 1.165) is 10.0 Å². The normalized spacial score (nSPS) is 10.4. The van der Waals surface area contributed by atoms with Gasteiger partial charge in [-0.05, 0) is 17.7 Å². The van der Waals surface area contributed by atoms with Crippen LogP contribution in [-0.2, 0) is 6.54 Å². The first-order valence-corrected chi connectivity index (χ1v) is 6.91. The first-order chi connectivity index (χ1) is 9.65.